The van der Waals surface area contributed by atoms with Crippen LogP contribution in [-0.4, -0.2) is 17.9 Å². The maximum absolute atomic E-state index is 11.9. The monoisotopic (exact) mass is 326 g/mol. The number of amides is 1. The zero-order valence-corrected chi connectivity index (χ0v) is 13.3. The summed E-state index contributed by atoms with van der Waals surface area (Å²) in [6.07, 6.45) is 3.01. The highest BCUT2D eigenvalue weighted by Crippen LogP contribution is 2.13. The van der Waals surface area contributed by atoms with E-state index in [1.807, 2.05) is 24.3 Å². The molecule has 6 nitrogen and oxygen atoms in total. The Balaban J connectivity index is 1.92. The highest BCUT2D eigenvalue weighted by Gasteiger charge is 2.04. The molecule has 0 atom stereocenters. The van der Waals surface area contributed by atoms with E-state index in [2.05, 4.69) is 5.32 Å². The van der Waals surface area contributed by atoms with Gasteiger partial charge in [0, 0.05) is 31.9 Å². The van der Waals surface area contributed by atoms with E-state index in [4.69, 9.17) is 4.74 Å². The van der Waals surface area contributed by atoms with Gasteiger partial charge in [-0.1, -0.05) is 24.3 Å². The van der Waals surface area contributed by atoms with Gasteiger partial charge in [-0.25, -0.2) is 0 Å². The lowest BCUT2D eigenvalue weighted by molar-refractivity contribution is -0.384. The molecule has 1 N–H and O–H groups in total. The summed E-state index contributed by atoms with van der Waals surface area (Å²) in [6.45, 7) is 0.896. The van der Waals surface area contributed by atoms with E-state index in [0.29, 0.717) is 13.2 Å². The maximum Gasteiger partial charge on any atom is 0.269 e. The topological polar surface area (TPSA) is 81.5 Å². The van der Waals surface area contributed by atoms with Crippen molar-refractivity contribution in [2.45, 2.75) is 13.2 Å². The van der Waals surface area contributed by atoms with Gasteiger partial charge in [0.05, 0.1) is 11.5 Å². The number of benzene rings is 2. The summed E-state index contributed by atoms with van der Waals surface area (Å²) in [5.41, 5.74) is 2.76. The zero-order chi connectivity index (χ0) is 17.4. The van der Waals surface area contributed by atoms with Gasteiger partial charge in [-0.05, 0) is 34.9 Å². The van der Waals surface area contributed by atoms with Crippen LogP contribution in [0, 0.1) is 10.1 Å². The van der Waals surface area contributed by atoms with Gasteiger partial charge in [0.25, 0.3) is 5.69 Å². The van der Waals surface area contributed by atoms with E-state index in [0.717, 1.165) is 16.7 Å². The van der Waals surface area contributed by atoms with Crippen molar-refractivity contribution in [3.8, 4) is 0 Å². The van der Waals surface area contributed by atoms with Crippen molar-refractivity contribution in [2.24, 2.45) is 0 Å². The van der Waals surface area contributed by atoms with Gasteiger partial charge in [-0.3, -0.25) is 14.9 Å². The average molecular weight is 326 g/mol. The van der Waals surface area contributed by atoms with Gasteiger partial charge in [0.1, 0.15) is 0 Å². The number of nitrogens with one attached hydrogen (secondary N) is 1. The number of ether oxygens (including phenoxy) is 1. The van der Waals surface area contributed by atoms with Crippen molar-refractivity contribution in [1.82, 2.24) is 5.32 Å². The predicted octanol–water partition coefficient (Wildman–Crippen LogP) is 3.07. The molecule has 0 fully saturated rings. The van der Waals surface area contributed by atoms with Gasteiger partial charge in [-0.15, -0.1) is 0 Å². The lowest BCUT2D eigenvalue weighted by atomic mass is 10.1. The van der Waals surface area contributed by atoms with Crippen LogP contribution in [0.4, 0.5) is 5.69 Å². The molecule has 0 heterocycles. The van der Waals surface area contributed by atoms with Crippen LogP contribution in [0.2, 0.25) is 0 Å². The fourth-order valence-electron chi connectivity index (χ4n) is 2.15. The molecule has 0 bridgehead atoms. The minimum absolute atomic E-state index is 0.0198. The van der Waals surface area contributed by atoms with Crippen LogP contribution >= 0.6 is 0 Å². The quantitative estimate of drug-likeness (QED) is 0.481. The van der Waals surface area contributed by atoms with E-state index < -0.39 is 4.92 Å². The number of rotatable bonds is 7. The van der Waals surface area contributed by atoms with Crippen LogP contribution in [0.5, 0.6) is 0 Å². The fraction of sp³-hybridized carbons (Fsp3) is 0.167. The molecule has 0 unspecified atom stereocenters. The number of hydrogen-bond donors (Lipinski definition) is 1. The molecule has 0 aliphatic heterocycles. The smallest absolute Gasteiger partial charge is 0.269 e. The lowest BCUT2D eigenvalue weighted by Crippen LogP contribution is -2.21. The number of carbonyl (C=O) groups excluding carboxylic acids is 1. The largest absolute Gasteiger partial charge is 0.380 e. The number of nitro groups is 1. The first kappa shape index (κ1) is 17.4. The lowest BCUT2D eigenvalue weighted by Gasteiger charge is -2.08. The molecular formula is C18H18N2O4. The molecular weight excluding hydrogens is 308 g/mol. The van der Waals surface area contributed by atoms with Crippen LogP contribution in [0.3, 0.4) is 0 Å². The summed E-state index contributed by atoms with van der Waals surface area (Å²) >= 11 is 0. The molecule has 0 spiro atoms. The molecule has 2 aromatic rings. The molecule has 0 radical (unpaired) electrons. The average Bonchev–Trinajstić information content (AvgIpc) is 2.60. The third-order valence-electron chi connectivity index (χ3n) is 3.40. The first-order chi connectivity index (χ1) is 11.6. The number of hydrogen-bond acceptors (Lipinski definition) is 4. The molecule has 0 saturated heterocycles. The normalized spacial score (nSPS) is 10.7. The summed E-state index contributed by atoms with van der Waals surface area (Å²) in [5.74, 6) is -0.236. The number of methoxy groups -OCH3 is 1. The van der Waals surface area contributed by atoms with Crippen molar-refractivity contribution in [3.05, 3.63) is 81.4 Å². The van der Waals surface area contributed by atoms with Gasteiger partial charge >= 0.3 is 0 Å². The van der Waals surface area contributed by atoms with E-state index >= 15 is 0 Å². The maximum atomic E-state index is 11.9. The van der Waals surface area contributed by atoms with E-state index in [1.54, 1.807) is 25.3 Å². The third-order valence-corrected chi connectivity index (χ3v) is 3.40. The summed E-state index contributed by atoms with van der Waals surface area (Å²) in [5, 5.41) is 13.4. The van der Waals surface area contributed by atoms with Crippen molar-refractivity contribution in [3.63, 3.8) is 0 Å². The number of nitrogens with zero attached hydrogens (tertiary/aromatic N) is 1. The molecule has 2 rings (SSSR count). The Bertz CT molecular complexity index is 739. The molecule has 1 amide bonds. The summed E-state index contributed by atoms with van der Waals surface area (Å²) in [7, 11) is 1.63. The van der Waals surface area contributed by atoms with E-state index in [-0.39, 0.29) is 11.6 Å². The van der Waals surface area contributed by atoms with E-state index in [9.17, 15) is 14.9 Å². The molecule has 0 aliphatic carbocycles. The highest BCUT2D eigenvalue weighted by atomic mass is 16.6. The van der Waals surface area contributed by atoms with Gasteiger partial charge in [-0.2, -0.15) is 0 Å². The Morgan fingerprint density at radius 2 is 1.83 bits per heavy atom. The van der Waals surface area contributed by atoms with Crippen LogP contribution in [0.1, 0.15) is 16.7 Å². The number of non-ortho nitro benzene ring substituents is 1. The molecule has 0 aliphatic rings. The van der Waals surface area contributed by atoms with Crippen LogP contribution in [-0.2, 0) is 22.7 Å². The van der Waals surface area contributed by atoms with Crippen molar-refractivity contribution in [2.75, 3.05) is 7.11 Å². The van der Waals surface area contributed by atoms with Crippen LogP contribution < -0.4 is 5.32 Å². The molecule has 124 valence electrons. The Morgan fingerprint density at radius 1 is 1.17 bits per heavy atom. The Kier molecular flexibility index (Phi) is 6.22. The third kappa shape index (κ3) is 5.03. The second kappa shape index (κ2) is 8.59. The summed E-state index contributed by atoms with van der Waals surface area (Å²) in [4.78, 5) is 22.0. The second-order valence-electron chi connectivity index (χ2n) is 5.10. The van der Waals surface area contributed by atoms with Gasteiger partial charge in [0.2, 0.25) is 5.91 Å². The number of carbonyl (C=O) groups is 1. The van der Waals surface area contributed by atoms with Gasteiger partial charge in [0.15, 0.2) is 0 Å². The van der Waals surface area contributed by atoms with Crippen molar-refractivity contribution in [1.29, 1.82) is 0 Å². The molecule has 0 saturated carbocycles. The number of nitro benzene ring substituents is 1. The highest BCUT2D eigenvalue weighted by molar-refractivity contribution is 5.91. The van der Waals surface area contributed by atoms with E-state index in [1.165, 1.54) is 18.2 Å². The molecule has 6 heteroatoms. The second-order valence-corrected chi connectivity index (χ2v) is 5.10. The molecule has 0 aromatic heterocycles. The molecule has 2 aromatic carbocycles. The Labute approximate surface area is 139 Å². The first-order valence-corrected chi connectivity index (χ1v) is 7.36. The SMILES string of the molecule is COCc1ccccc1CNC(=O)/C=C/c1ccc([N+](=O)[O-])cc1. The van der Waals surface area contributed by atoms with Crippen LogP contribution in [0.15, 0.2) is 54.6 Å². The predicted molar refractivity (Wildman–Crippen MR) is 91.1 cm³/mol. The first-order valence-electron chi connectivity index (χ1n) is 7.36. The molecule has 24 heavy (non-hydrogen) atoms. The standard InChI is InChI=1S/C18H18N2O4/c1-24-13-16-5-3-2-4-15(16)12-19-18(21)11-8-14-6-9-17(10-7-14)20(22)23/h2-11H,12-13H2,1H3,(H,19,21)/b11-8+. The zero-order valence-electron chi connectivity index (χ0n) is 13.3. The minimum Gasteiger partial charge on any atom is -0.380 e. The summed E-state index contributed by atoms with van der Waals surface area (Å²) < 4.78 is 5.13. The van der Waals surface area contributed by atoms with Gasteiger partial charge < -0.3 is 10.1 Å². The Hall–Kier alpha value is -2.99. The fourth-order valence-corrected chi connectivity index (χ4v) is 2.15. The van der Waals surface area contributed by atoms with Crippen molar-refractivity contribution < 1.29 is 14.5 Å². The van der Waals surface area contributed by atoms with Crippen molar-refractivity contribution >= 4 is 17.7 Å². The minimum atomic E-state index is -0.461. The Morgan fingerprint density at radius 3 is 2.46 bits per heavy atom. The summed E-state index contributed by atoms with van der Waals surface area (Å²) in [6, 6.07) is 13.7. The van der Waals surface area contributed by atoms with Crippen LogP contribution in [0.25, 0.3) is 6.08 Å².